The molecule has 0 rings (SSSR count). The Hall–Kier alpha value is -1.10. The van der Waals surface area contributed by atoms with Gasteiger partial charge in [0.1, 0.15) is 0 Å². The summed E-state index contributed by atoms with van der Waals surface area (Å²) in [5.41, 5.74) is -0.367. The summed E-state index contributed by atoms with van der Waals surface area (Å²) in [5, 5.41) is 5.71. The minimum absolute atomic E-state index is 0.0268. The van der Waals surface area contributed by atoms with Crippen molar-refractivity contribution in [2.75, 3.05) is 33.7 Å². The summed E-state index contributed by atoms with van der Waals surface area (Å²) in [4.78, 5) is 25.2. The molecule has 2 amide bonds. The molecular formula is C14H29N3O2. The quantitative estimate of drug-likeness (QED) is 0.647. The van der Waals surface area contributed by atoms with Crippen LogP contribution in [0.1, 0.15) is 40.0 Å². The van der Waals surface area contributed by atoms with Gasteiger partial charge in [0.05, 0.1) is 0 Å². The summed E-state index contributed by atoms with van der Waals surface area (Å²) < 4.78 is 0. The van der Waals surface area contributed by atoms with Gasteiger partial charge in [0.15, 0.2) is 0 Å². The Labute approximate surface area is 117 Å². The van der Waals surface area contributed by atoms with Gasteiger partial charge in [-0.1, -0.05) is 20.8 Å². The molecule has 0 radical (unpaired) electrons. The van der Waals surface area contributed by atoms with Gasteiger partial charge < -0.3 is 15.5 Å². The number of nitrogens with one attached hydrogen (secondary N) is 2. The second-order valence-corrected chi connectivity index (χ2v) is 6.12. The smallest absolute Gasteiger partial charge is 0.225 e. The van der Waals surface area contributed by atoms with Crippen LogP contribution in [0.5, 0.6) is 0 Å². The second kappa shape index (κ2) is 8.91. The first-order valence-electron chi connectivity index (χ1n) is 6.93. The van der Waals surface area contributed by atoms with Crippen LogP contribution in [0.2, 0.25) is 0 Å². The Balaban J connectivity index is 3.51. The molecule has 0 aromatic rings. The fourth-order valence-electron chi connectivity index (χ4n) is 1.43. The molecule has 19 heavy (non-hydrogen) atoms. The number of hydrogen-bond acceptors (Lipinski definition) is 3. The highest BCUT2D eigenvalue weighted by molar-refractivity contribution is 5.81. The molecule has 0 saturated heterocycles. The van der Waals surface area contributed by atoms with Gasteiger partial charge in [0.25, 0.3) is 0 Å². The van der Waals surface area contributed by atoms with E-state index >= 15 is 0 Å². The zero-order valence-electron chi connectivity index (χ0n) is 13.0. The van der Waals surface area contributed by atoms with Gasteiger partial charge in [-0.05, 0) is 33.5 Å². The summed E-state index contributed by atoms with van der Waals surface area (Å²) in [6, 6.07) is 0. The van der Waals surface area contributed by atoms with E-state index < -0.39 is 0 Å². The van der Waals surface area contributed by atoms with E-state index in [0.717, 1.165) is 13.0 Å². The normalized spacial score (nSPS) is 11.5. The minimum atomic E-state index is -0.367. The van der Waals surface area contributed by atoms with E-state index in [1.54, 1.807) is 0 Å². The predicted octanol–water partition coefficient (Wildman–Crippen LogP) is 0.997. The van der Waals surface area contributed by atoms with Crippen LogP contribution in [-0.4, -0.2) is 50.4 Å². The summed E-state index contributed by atoms with van der Waals surface area (Å²) in [6.45, 7) is 7.87. The van der Waals surface area contributed by atoms with E-state index in [4.69, 9.17) is 0 Å². The fraction of sp³-hybridized carbons (Fsp3) is 0.857. The molecule has 0 atom stereocenters. The number of rotatable bonds is 8. The Morgan fingerprint density at radius 2 is 1.58 bits per heavy atom. The molecule has 0 unspecified atom stereocenters. The lowest BCUT2D eigenvalue weighted by Gasteiger charge is -2.17. The molecule has 5 heteroatoms. The molecule has 0 aromatic carbocycles. The molecule has 0 aliphatic heterocycles. The number of hydrogen-bond donors (Lipinski definition) is 2. The first kappa shape index (κ1) is 17.9. The van der Waals surface area contributed by atoms with Gasteiger partial charge >= 0.3 is 0 Å². The van der Waals surface area contributed by atoms with Crippen molar-refractivity contribution in [2.24, 2.45) is 5.41 Å². The van der Waals surface area contributed by atoms with Crippen molar-refractivity contribution in [3.05, 3.63) is 0 Å². The van der Waals surface area contributed by atoms with Crippen LogP contribution in [0.3, 0.4) is 0 Å². The Morgan fingerprint density at radius 1 is 1.00 bits per heavy atom. The van der Waals surface area contributed by atoms with E-state index in [0.29, 0.717) is 25.9 Å². The van der Waals surface area contributed by atoms with Crippen molar-refractivity contribution < 1.29 is 9.59 Å². The third-order valence-corrected chi connectivity index (χ3v) is 2.65. The molecule has 112 valence electrons. The third kappa shape index (κ3) is 10.5. The van der Waals surface area contributed by atoms with Crippen LogP contribution < -0.4 is 10.6 Å². The van der Waals surface area contributed by atoms with E-state index in [1.165, 1.54) is 0 Å². The van der Waals surface area contributed by atoms with E-state index in [9.17, 15) is 9.59 Å². The first-order valence-corrected chi connectivity index (χ1v) is 6.93. The SMILES string of the molecule is CN(C)CCCNC(=O)CCCNC(=O)C(C)(C)C. The molecule has 0 bridgehead atoms. The van der Waals surface area contributed by atoms with Crippen LogP contribution in [0.4, 0.5) is 0 Å². The molecule has 2 N–H and O–H groups in total. The van der Waals surface area contributed by atoms with Crippen molar-refractivity contribution in [2.45, 2.75) is 40.0 Å². The van der Waals surface area contributed by atoms with E-state index in [2.05, 4.69) is 15.5 Å². The van der Waals surface area contributed by atoms with Crippen LogP contribution >= 0.6 is 0 Å². The zero-order valence-corrected chi connectivity index (χ0v) is 13.0. The summed E-state index contributed by atoms with van der Waals surface area (Å²) in [7, 11) is 4.03. The van der Waals surface area contributed by atoms with Crippen LogP contribution in [0.15, 0.2) is 0 Å². The Kier molecular flexibility index (Phi) is 8.39. The molecule has 0 saturated carbocycles. The second-order valence-electron chi connectivity index (χ2n) is 6.12. The van der Waals surface area contributed by atoms with Gasteiger partial charge in [-0.3, -0.25) is 9.59 Å². The lowest BCUT2D eigenvalue weighted by Crippen LogP contribution is -2.35. The van der Waals surface area contributed by atoms with E-state index in [1.807, 2.05) is 34.9 Å². The van der Waals surface area contributed by atoms with Crippen molar-refractivity contribution in [1.82, 2.24) is 15.5 Å². The minimum Gasteiger partial charge on any atom is -0.356 e. The topological polar surface area (TPSA) is 61.4 Å². The maximum atomic E-state index is 11.6. The average Bonchev–Trinajstić information content (AvgIpc) is 2.28. The number of carbonyl (C=O) groups excluding carboxylic acids is 2. The molecule has 0 aliphatic carbocycles. The van der Waals surface area contributed by atoms with Gasteiger partial charge in [-0.25, -0.2) is 0 Å². The largest absolute Gasteiger partial charge is 0.356 e. The number of nitrogens with zero attached hydrogens (tertiary/aromatic N) is 1. The maximum absolute atomic E-state index is 11.6. The monoisotopic (exact) mass is 271 g/mol. The maximum Gasteiger partial charge on any atom is 0.225 e. The highest BCUT2D eigenvalue weighted by Crippen LogP contribution is 2.12. The van der Waals surface area contributed by atoms with E-state index in [-0.39, 0.29) is 17.2 Å². The van der Waals surface area contributed by atoms with Crippen LogP contribution in [-0.2, 0) is 9.59 Å². The number of amides is 2. The Morgan fingerprint density at radius 3 is 2.11 bits per heavy atom. The molecule has 0 fully saturated rings. The summed E-state index contributed by atoms with van der Waals surface area (Å²) in [6.07, 6.45) is 2.10. The lowest BCUT2D eigenvalue weighted by atomic mass is 9.96. The van der Waals surface area contributed by atoms with Gasteiger partial charge in [-0.15, -0.1) is 0 Å². The average molecular weight is 271 g/mol. The van der Waals surface area contributed by atoms with Gasteiger partial charge in [0, 0.05) is 24.9 Å². The van der Waals surface area contributed by atoms with Crippen LogP contribution in [0.25, 0.3) is 0 Å². The standard InChI is InChI=1S/C14H29N3O2/c1-14(2,3)13(19)16-9-6-8-12(18)15-10-7-11-17(4)5/h6-11H2,1-5H3,(H,15,18)(H,16,19). The van der Waals surface area contributed by atoms with Crippen molar-refractivity contribution >= 4 is 11.8 Å². The van der Waals surface area contributed by atoms with Crippen molar-refractivity contribution in [3.8, 4) is 0 Å². The molecule has 0 aliphatic rings. The molecule has 0 spiro atoms. The summed E-state index contributed by atoms with van der Waals surface area (Å²) in [5.74, 6) is 0.0858. The molecule has 0 heterocycles. The lowest BCUT2D eigenvalue weighted by molar-refractivity contribution is -0.128. The first-order chi connectivity index (χ1) is 8.73. The van der Waals surface area contributed by atoms with Crippen molar-refractivity contribution in [1.29, 1.82) is 0 Å². The van der Waals surface area contributed by atoms with Crippen LogP contribution in [0, 0.1) is 5.41 Å². The highest BCUT2D eigenvalue weighted by Gasteiger charge is 2.20. The highest BCUT2D eigenvalue weighted by atomic mass is 16.2. The number of carbonyl (C=O) groups is 2. The predicted molar refractivity (Wildman–Crippen MR) is 77.9 cm³/mol. The summed E-state index contributed by atoms with van der Waals surface area (Å²) >= 11 is 0. The Bertz CT molecular complexity index is 283. The fourth-order valence-corrected chi connectivity index (χ4v) is 1.43. The molecule has 0 aromatic heterocycles. The third-order valence-electron chi connectivity index (χ3n) is 2.65. The molecular weight excluding hydrogens is 242 g/mol. The van der Waals surface area contributed by atoms with Gasteiger partial charge in [-0.2, -0.15) is 0 Å². The zero-order chi connectivity index (χ0) is 14.9. The van der Waals surface area contributed by atoms with Crippen molar-refractivity contribution in [3.63, 3.8) is 0 Å². The van der Waals surface area contributed by atoms with Gasteiger partial charge in [0.2, 0.25) is 11.8 Å². The molecule has 5 nitrogen and oxygen atoms in total.